The summed E-state index contributed by atoms with van der Waals surface area (Å²) in [5, 5.41) is 13.7. The molecule has 1 heterocycles. The van der Waals surface area contributed by atoms with Gasteiger partial charge in [-0.1, -0.05) is 23.2 Å². The number of rotatable bonds is 2. The van der Waals surface area contributed by atoms with Crippen LogP contribution in [0.15, 0.2) is 23.0 Å². The van der Waals surface area contributed by atoms with E-state index in [0.29, 0.717) is 11.4 Å². The topological polar surface area (TPSA) is 62.2 Å². The van der Waals surface area contributed by atoms with Gasteiger partial charge in [0.2, 0.25) is 0 Å². The van der Waals surface area contributed by atoms with Crippen LogP contribution in [0.4, 0.5) is 5.69 Å². The highest BCUT2D eigenvalue weighted by Crippen LogP contribution is 2.34. The van der Waals surface area contributed by atoms with Gasteiger partial charge in [0.05, 0.1) is 15.6 Å². The number of carbonyl (C=O) groups excluding carboxylic acids is 1. The fourth-order valence-corrected chi connectivity index (χ4v) is 2.18. The van der Waals surface area contributed by atoms with Crippen LogP contribution in [0.5, 0.6) is 5.75 Å². The zero-order chi connectivity index (χ0) is 12.4. The van der Waals surface area contributed by atoms with Crippen molar-refractivity contribution >= 4 is 46.1 Å². The van der Waals surface area contributed by atoms with Gasteiger partial charge in [-0.05, 0) is 12.1 Å². The Bertz CT molecular complexity index is 534. The van der Waals surface area contributed by atoms with Crippen LogP contribution in [0, 0.1) is 0 Å². The largest absolute Gasteiger partial charge is 0.505 e. The second kappa shape index (κ2) is 4.91. The summed E-state index contributed by atoms with van der Waals surface area (Å²) in [7, 11) is 0. The lowest BCUT2D eigenvalue weighted by atomic mass is 10.3. The van der Waals surface area contributed by atoms with Gasteiger partial charge in [-0.2, -0.15) is 0 Å². The molecule has 1 aromatic carbocycles. The van der Waals surface area contributed by atoms with Gasteiger partial charge in [0.1, 0.15) is 5.69 Å². The number of halogens is 2. The number of aromatic hydroxyl groups is 1. The minimum Gasteiger partial charge on any atom is -0.505 e. The van der Waals surface area contributed by atoms with Gasteiger partial charge in [0.25, 0.3) is 5.91 Å². The van der Waals surface area contributed by atoms with Crippen LogP contribution in [-0.2, 0) is 0 Å². The minimum atomic E-state index is -0.357. The van der Waals surface area contributed by atoms with Crippen molar-refractivity contribution in [1.29, 1.82) is 0 Å². The summed E-state index contributed by atoms with van der Waals surface area (Å²) in [5.41, 5.74) is 2.28. The van der Waals surface area contributed by atoms with E-state index in [-0.39, 0.29) is 21.7 Å². The monoisotopic (exact) mass is 288 g/mol. The van der Waals surface area contributed by atoms with Crippen molar-refractivity contribution in [2.24, 2.45) is 0 Å². The molecule has 0 spiro atoms. The molecule has 0 unspecified atom stereocenters. The quantitative estimate of drug-likeness (QED) is 0.833. The molecule has 0 saturated carbocycles. The Hall–Kier alpha value is -1.30. The predicted molar refractivity (Wildman–Crippen MR) is 68.2 cm³/mol. The Morgan fingerprint density at radius 3 is 2.53 bits per heavy atom. The molecule has 2 aromatic rings. The SMILES string of the molecule is O=C(Nc1cc(Cl)c(O)c(Cl)c1)c1cscn1. The number of hydrogen-bond donors (Lipinski definition) is 2. The summed E-state index contributed by atoms with van der Waals surface area (Å²) in [6.45, 7) is 0. The fourth-order valence-electron chi connectivity index (χ4n) is 1.16. The number of benzene rings is 1. The van der Waals surface area contributed by atoms with Crippen LogP contribution in [0.3, 0.4) is 0 Å². The fraction of sp³-hybridized carbons (Fsp3) is 0. The van der Waals surface area contributed by atoms with E-state index < -0.39 is 0 Å². The number of aromatic nitrogens is 1. The average Bonchev–Trinajstić information content (AvgIpc) is 2.79. The lowest BCUT2D eigenvalue weighted by molar-refractivity contribution is 0.102. The maximum absolute atomic E-state index is 11.7. The van der Waals surface area contributed by atoms with Gasteiger partial charge < -0.3 is 10.4 Å². The second-order valence-corrected chi connectivity index (χ2v) is 4.65. The molecule has 4 nitrogen and oxygen atoms in total. The van der Waals surface area contributed by atoms with E-state index >= 15 is 0 Å². The summed E-state index contributed by atoms with van der Waals surface area (Å²) >= 11 is 12.8. The normalized spacial score (nSPS) is 10.2. The number of amides is 1. The summed E-state index contributed by atoms with van der Waals surface area (Å²) in [6.07, 6.45) is 0. The van der Waals surface area contributed by atoms with Crippen LogP contribution >= 0.6 is 34.5 Å². The van der Waals surface area contributed by atoms with Gasteiger partial charge >= 0.3 is 0 Å². The number of phenols is 1. The Kier molecular flexibility index (Phi) is 3.51. The van der Waals surface area contributed by atoms with E-state index in [2.05, 4.69) is 10.3 Å². The highest BCUT2D eigenvalue weighted by Gasteiger charge is 2.11. The summed E-state index contributed by atoms with van der Waals surface area (Å²) in [5.74, 6) is -0.566. The molecular formula is C10H6Cl2N2O2S. The van der Waals surface area contributed by atoms with Crippen LogP contribution in [-0.4, -0.2) is 16.0 Å². The van der Waals surface area contributed by atoms with Gasteiger partial charge in [-0.25, -0.2) is 4.98 Å². The lowest BCUT2D eigenvalue weighted by Crippen LogP contribution is -2.12. The van der Waals surface area contributed by atoms with Crippen molar-refractivity contribution < 1.29 is 9.90 Å². The molecule has 0 bridgehead atoms. The third-order valence-electron chi connectivity index (χ3n) is 1.94. The summed E-state index contributed by atoms with van der Waals surface area (Å²) in [4.78, 5) is 15.5. The molecule has 7 heteroatoms. The van der Waals surface area contributed by atoms with Crippen LogP contribution in [0.1, 0.15) is 10.5 Å². The molecule has 0 aliphatic carbocycles. The first-order valence-corrected chi connectivity index (χ1v) is 6.15. The Morgan fingerprint density at radius 2 is 2.00 bits per heavy atom. The second-order valence-electron chi connectivity index (χ2n) is 3.12. The van der Waals surface area contributed by atoms with Crippen molar-refractivity contribution in [3.05, 3.63) is 38.8 Å². The summed E-state index contributed by atoms with van der Waals surface area (Å²) in [6, 6.07) is 2.82. The highest BCUT2D eigenvalue weighted by atomic mass is 35.5. The Labute approximate surface area is 111 Å². The Balaban J connectivity index is 2.22. The minimum absolute atomic E-state index is 0.0751. The van der Waals surface area contributed by atoms with Gasteiger partial charge in [-0.15, -0.1) is 11.3 Å². The molecule has 1 aromatic heterocycles. The molecule has 0 fully saturated rings. The van der Waals surface area contributed by atoms with Gasteiger partial charge in [0, 0.05) is 11.1 Å². The number of anilines is 1. The van der Waals surface area contributed by atoms with Gasteiger partial charge in [0.15, 0.2) is 5.75 Å². The van der Waals surface area contributed by atoms with Crippen molar-refractivity contribution in [3.63, 3.8) is 0 Å². The molecule has 17 heavy (non-hydrogen) atoms. The van der Waals surface area contributed by atoms with E-state index in [0.717, 1.165) is 0 Å². The molecule has 2 rings (SSSR count). The van der Waals surface area contributed by atoms with Crippen LogP contribution < -0.4 is 5.32 Å². The molecule has 0 aliphatic rings. The van der Waals surface area contributed by atoms with Gasteiger partial charge in [-0.3, -0.25) is 4.79 Å². The van der Waals surface area contributed by atoms with Crippen LogP contribution in [0.25, 0.3) is 0 Å². The predicted octanol–water partition coefficient (Wildman–Crippen LogP) is 3.41. The highest BCUT2D eigenvalue weighted by molar-refractivity contribution is 7.07. The molecule has 0 atom stereocenters. The van der Waals surface area contributed by atoms with Crippen molar-refractivity contribution in [2.45, 2.75) is 0 Å². The third kappa shape index (κ3) is 2.69. The maximum atomic E-state index is 11.7. The number of thiazole rings is 1. The molecule has 88 valence electrons. The zero-order valence-corrected chi connectivity index (χ0v) is 10.6. The zero-order valence-electron chi connectivity index (χ0n) is 8.28. The number of phenolic OH excluding ortho intramolecular Hbond substituents is 1. The molecule has 0 radical (unpaired) electrons. The number of nitrogens with zero attached hydrogens (tertiary/aromatic N) is 1. The molecule has 0 aliphatic heterocycles. The van der Waals surface area contributed by atoms with E-state index in [4.69, 9.17) is 23.2 Å². The van der Waals surface area contributed by atoms with Crippen molar-refractivity contribution in [2.75, 3.05) is 5.32 Å². The average molecular weight is 289 g/mol. The molecule has 1 amide bonds. The summed E-state index contributed by atoms with van der Waals surface area (Å²) < 4.78 is 0. The van der Waals surface area contributed by atoms with E-state index in [9.17, 15) is 9.90 Å². The lowest BCUT2D eigenvalue weighted by Gasteiger charge is -2.06. The first kappa shape index (κ1) is 12.2. The first-order valence-electron chi connectivity index (χ1n) is 4.45. The van der Waals surface area contributed by atoms with Crippen molar-refractivity contribution in [3.8, 4) is 5.75 Å². The van der Waals surface area contributed by atoms with E-state index in [1.165, 1.54) is 23.5 Å². The number of carbonyl (C=O) groups is 1. The van der Waals surface area contributed by atoms with E-state index in [1.807, 2.05) is 0 Å². The number of nitrogens with one attached hydrogen (secondary N) is 1. The van der Waals surface area contributed by atoms with Crippen molar-refractivity contribution in [1.82, 2.24) is 4.98 Å². The Morgan fingerprint density at radius 1 is 1.35 bits per heavy atom. The maximum Gasteiger partial charge on any atom is 0.275 e. The van der Waals surface area contributed by atoms with E-state index in [1.54, 1.807) is 10.9 Å². The smallest absolute Gasteiger partial charge is 0.275 e. The molecular weight excluding hydrogens is 283 g/mol. The molecule has 2 N–H and O–H groups in total. The molecule has 0 saturated heterocycles. The first-order chi connectivity index (χ1) is 8.08. The third-order valence-corrected chi connectivity index (χ3v) is 3.10. The van der Waals surface area contributed by atoms with Crippen LogP contribution in [0.2, 0.25) is 10.0 Å². The number of hydrogen-bond acceptors (Lipinski definition) is 4. The standard InChI is InChI=1S/C10H6Cl2N2O2S/c11-6-1-5(2-7(12)9(6)15)14-10(16)8-3-17-4-13-8/h1-4,15H,(H,14,16).